The van der Waals surface area contributed by atoms with Gasteiger partial charge in [0, 0.05) is 13.7 Å². The maximum Gasteiger partial charge on any atom is 0.356 e. The van der Waals surface area contributed by atoms with Gasteiger partial charge < -0.3 is 19.9 Å². The fourth-order valence-electron chi connectivity index (χ4n) is 1.67. The molecule has 1 heterocycles. The molecule has 0 aliphatic heterocycles. The molecule has 0 atom stereocenters. The third kappa shape index (κ3) is 4.71. The quantitative estimate of drug-likeness (QED) is 0.718. The first-order valence-electron chi connectivity index (χ1n) is 6.69. The van der Waals surface area contributed by atoms with Gasteiger partial charge in [-0.1, -0.05) is 12.1 Å². The van der Waals surface area contributed by atoms with Crippen molar-refractivity contribution in [3.63, 3.8) is 0 Å². The molecule has 1 aromatic heterocycles. The first-order valence-corrected chi connectivity index (χ1v) is 6.69. The van der Waals surface area contributed by atoms with Crippen LogP contribution < -0.4 is 10.1 Å². The number of ether oxygens (including phenoxy) is 2. The number of benzene rings is 1. The summed E-state index contributed by atoms with van der Waals surface area (Å²) in [6.45, 7) is 1.62. The van der Waals surface area contributed by atoms with E-state index in [1.807, 2.05) is 24.3 Å². The van der Waals surface area contributed by atoms with Crippen LogP contribution >= 0.6 is 0 Å². The van der Waals surface area contributed by atoms with Gasteiger partial charge in [0.25, 0.3) is 0 Å². The molecule has 2 N–H and O–H groups in total. The van der Waals surface area contributed by atoms with Gasteiger partial charge in [-0.2, -0.15) is 0 Å². The molecule has 2 aromatic rings. The third-order valence-corrected chi connectivity index (χ3v) is 2.82. The van der Waals surface area contributed by atoms with Crippen LogP contribution in [0.5, 0.6) is 5.75 Å². The molecule has 22 heavy (non-hydrogen) atoms. The highest BCUT2D eigenvalue weighted by molar-refractivity contribution is 5.84. The van der Waals surface area contributed by atoms with Crippen molar-refractivity contribution in [3.8, 4) is 5.75 Å². The smallest absolute Gasteiger partial charge is 0.356 e. The number of carbonyl (C=O) groups is 1. The summed E-state index contributed by atoms with van der Waals surface area (Å²) in [6.07, 6.45) is 2.61. The zero-order chi connectivity index (χ0) is 15.8. The average Bonchev–Trinajstić information content (AvgIpc) is 2.55. The number of carboxylic acid groups (broad SMARTS) is 1. The molecule has 0 aliphatic rings. The molecule has 0 fully saturated rings. The van der Waals surface area contributed by atoms with E-state index < -0.39 is 5.97 Å². The Morgan fingerprint density at radius 2 is 1.95 bits per heavy atom. The molecule has 0 radical (unpaired) electrons. The molecule has 7 nitrogen and oxygen atoms in total. The van der Waals surface area contributed by atoms with Gasteiger partial charge in [0.05, 0.1) is 19.0 Å². The summed E-state index contributed by atoms with van der Waals surface area (Å²) in [4.78, 5) is 18.5. The number of methoxy groups -OCH3 is 1. The number of carboxylic acids is 1. The molecule has 0 aliphatic carbocycles. The lowest BCUT2D eigenvalue weighted by atomic mass is 10.2. The Kier molecular flexibility index (Phi) is 5.67. The molecular formula is C15H17N3O4. The fraction of sp³-hybridized carbons (Fsp3) is 0.267. The first kappa shape index (κ1) is 15.7. The minimum absolute atomic E-state index is 0.0805. The summed E-state index contributed by atoms with van der Waals surface area (Å²) in [5.41, 5.74) is 0.964. The summed E-state index contributed by atoms with van der Waals surface area (Å²) in [7, 11) is 1.63. The molecule has 0 bridgehead atoms. The molecule has 1 aromatic carbocycles. The number of hydrogen-bond donors (Lipinski definition) is 2. The van der Waals surface area contributed by atoms with Gasteiger partial charge in [-0.15, -0.1) is 0 Å². The van der Waals surface area contributed by atoms with Crippen molar-refractivity contribution in [2.45, 2.75) is 6.54 Å². The number of anilines is 1. The minimum Gasteiger partial charge on any atom is -0.491 e. The molecule has 0 saturated carbocycles. The Morgan fingerprint density at radius 1 is 1.18 bits per heavy atom. The van der Waals surface area contributed by atoms with E-state index in [1.165, 1.54) is 12.4 Å². The third-order valence-electron chi connectivity index (χ3n) is 2.82. The van der Waals surface area contributed by atoms with E-state index >= 15 is 0 Å². The Bertz CT molecular complexity index is 599. The van der Waals surface area contributed by atoms with Gasteiger partial charge in [-0.3, -0.25) is 0 Å². The predicted molar refractivity (Wildman–Crippen MR) is 80.1 cm³/mol. The molecule has 0 spiro atoms. The second-order valence-electron chi connectivity index (χ2n) is 4.43. The molecule has 0 unspecified atom stereocenters. The standard InChI is InChI=1S/C15H17N3O4/c1-21-6-7-22-12-4-2-11(3-5-12)8-17-14-10-16-13(9-18-14)15(19)20/h2-5,9-10H,6-8H2,1H3,(H,17,18)(H,19,20). The summed E-state index contributed by atoms with van der Waals surface area (Å²) in [5, 5.41) is 11.8. The zero-order valence-electron chi connectivity index (χ0n) is 12.2. The molecule has 116 valence electrons. The maximum absolute atomic E-state index is 10.7. The highest BCUT2D eigenvalue weighted by Gasteiger charge is 2.04. The van der Waals surface area contributed by atoms with Gasteiger partial charge >= 0.3 is 5.97 Å². The first-order chi connectivity index (χ1) is 10.7. The Labute approximate surface area is 127 Å². The van der Waals surface area contributed by atoms with Crippen molar-refractivity contribution < 1.29 is 19.4 Å². The second kappa shape index (κ2) is 7.94. The molecular weight excluding hydrogens is 286 g/mol. The Balaban J connectivity index is 1.84. The summed E-state index contributed by atoms with van der Waals surface area (Å²) in [5.74, 6) is 0.208. The highest BCUT2D eigenvalue weighted by atomic mass is 16.5. The number of nitrogens with one attached hydrogen (secondary N) is 1. The van der Waals surface area contributed by atoms with Crippen LogP contribution in [0.25, 0.3) is 0 Å². The van der Waals surface area contributed by atoms with Crippen molar-refractivity contribution in [1.82, 2.24) is 9.97 Å². The van der Waals surface area contributed by atoms with Gasteiger partial charge in [-0.05, 0) is 17.7 Å². The van der Waals surface area contributed by atoms with E-state index in [1.54, 1.807) is 7.11 Å². The summed E-state index contributed by atoms with van der Waals surface area (Å²) in [6, 6.07) is 7.64. The highest BCUT2D eigenvalue weighted by Crippen LogP contribution is 2.13. The molecule has 0 amide bonds. The molecule has 2 rings (SSSR count). The van der Waals surface area contributed by atoms with Crippen LogP contribution in [-0.4, -0.2) is 41.4 Å². The van der Waals surface area contributed by atoms with E-state index in [9.17, 15) is 4.79 Å². The number of rotatable bonds is 8. The lowest BCUT2D eigenvalue weighted by Gasteiger charge is -2.08. The average molecular weight is 303 g/mol. The number of aromatic nitrogens is 2. The van der Waals surface area contributed by atoms with Crippen molar-refractivity contribution in [2.24, 2.45) is 0 Å². The van der Waals surface area contributed by atoms with Gasteiger partial charge in [0.2, 0.25) is 0 Å². The lowest BCUT2D eigenvalue weighted by molar-refractivity contribution is 0.0690. The topological polar surface area (TPSA) is 93.6 Å². The van der Waals surface area contributed by atoms with Crippen LogP contribution in [0, 0.1) is 0 Å². The minimum atomic E-state index is -1.09. The number of nitrogens with zero attached hydrogens (tertiary/aromatic N) is 2. The zero-order valence-corrected chi connectivity index (χ0v) is 12.2. The normalized spacial score (nSPS) is 10.2. The van der Waals surface area contributed by atoms with Gasteiger partial charge in [0.15, 0.2) is 5.69 Å². The fourth-order valence-corrected chi connectivity index (χ4v) is 1.67. The van der Waals surface area contributed by atoms with Crippen LogP contribution in [0.1, 0.15) is 16.1 Å². The molecule has 0 saturated heterocycles. The van der Waals surface area contributed by atoms with E-state index in [4.69, 9.17) is 14.6 Å². The monoisotopic (exact) mass is 303 g/mol. The number of aromatic carboxylic acids is 1. The van der Waals surface area contributed by atoms with Crippen LogP contribution in [0.15, 0.2) is 36.7 Å². The second-order valence-corrected chi connectivity index (χ2v) is 4.43. The summed E-state index contributed by atoms with van der Waals surface area (Å²) < 4.78 is 10.4. The van der Waals surface area contributed by atoms with Gasteiger partial charge in [0.1, 0.15) is 18.2 Å². The van der Waals surface area contributed by atoms with Crippen molar-refractivity contribution in [3.05, 3.63) is 47.9 Å². The van der Waals surface area contributed by atoms with Crippen LogP contribution in [-0.2, 0) is 11.3 Å². The number of hydrogen-bond acceptors (Lipinski definition) is 6. The lowest BCUT2D eigenvalue weighted by Crippen LogP contribution is -2.06. The largest absolute Gasteiger partial charge is 0.491 e. The SMILES string of the molecule is COCCOc1ccc(CNc2cnc(C(=O)O)cn2)cc1. The Hall–Kier alpha value is -2.67. The van der Waals surface area contributed by atoms with Gasteiger partial charge in [-0.25, -0.2) is 14.8 Å². The van der Waals surface area contributed by atoms with E-state index in [0.29, 0.717) is 25.6 Å². The van der Waals surface area contributed by atoms with Crippen molar-refractivity contribution in [2.75, 3.05) is 25.6 Å². The maximum atomic E-state index is 10.7. The van der Waals surface area contributed by atoms with E-state index in [2.05, 4.69) is 15.3 Å². The van der Waals surface area contributed by atoms with Crippen LogP contribution in [0.2, 0.25) is 0 Å². The van der Waals surface area contributed by atoms with Crippen molar-refractivity contribution >= 4 is 11.8 Å². The Morgan fingerprint density at radius 3 is 2.55 bits per heavy atom. The van der Waals surface area contributed by atoms with Crippen LogP contribution in [0.4, 0.5) is 5.82 Å². The summed E-state index contributed by atoms with van der Waals surface area (Å²) >= 11 is 0. The molecule has 7 heteroatoms. The van der Waals surface area contributed by atoms with Crippen LogP contribution in [0.3, 0.4) is 0 Å². The van der Waals surface area contributed by atoms with Crippen molar-refractivity contribution in [1.29, 1.82) is 0 Å². The van der Waals surface area contributed by atoms with E-state index in [-0.39, 0.29) is 5.69 Å². The predicted octanol–water partition coefficient (Wildman–Crippen LogP) is 1.81. The van der Waals surface area contributed by atoms with E-state index in [0.717, 1.165) is 11.3 Å².